The van der Waals surface area contributed by atoms with Gasteiger partial charge < -0.3 is 40.1 Å². The fourth-order valence-electron chi connectivity index (χ4n) is 10.4. The second-order valence-electron chi connectivity index (χ2n) is 20.8. The molecule has 7 heterocycles. The first kappa shape index (κ1) is 53.2. The van der Waals surface area contributed by atoms with Crippen LogP contribution in [0, 0.1) is 0 Å². The zero-order valence-corrected chi connectivity index (χ0v) is 46.1. The van der Waals surface area contributed by atoms with Crippen molar-refractivity contribution in [3.63, 3.8) is 0 Å². The molecule has 5 aliphatic heterocycles. The zero-order valence-electron chi connectivity index (χ0n) is 41.4. The second kappa shape index (κ2) is 19.6. The van der Waals surface area contributed by atoms with Crippen molar-refractivity contribution in [1.29, 1.82) is 0 Å². The number of aromatic amines is 2. The number of carbonyl (C=O) groups excluding carboxylic acids is 1. The van der Waals surface area contributed by atoms with Crippen LogP contribution in [-0.2, 0) is 44.9 Å². The van der Waals surface area contributed by atoms with Crippen molar-refractivity contribution in [2.24, 2.45) is 0 Å². The van der Waals surface area contributed by atoms with Crippen molar-refractivity contribution in [1.82, 2.24) is 19.1 Å². The van der Waals surface area contributed by atoms with Crippen molar-refractivity contribution in [2.45, 2.75) is 203 Å². The summed E-state index contributed by atoms with van der Waals surface area (Å²) in [6, 6.07) is 2.47. The molecule has 18 nitrogen and oxygen atoms in total. The maximum absolute atomic E-state index is 13.4. The summed E-state index contributed by atoms with van der Waals surface area (Å²) in [5.74, 6) is -0.363. The number of nitrogens with zero attached hydrogens (tertiary/aromatic N) is 2. The third-order valence-electron chi connectivity index (χ3n) is 14.1. The zero-order chi connectivity index (χ0) is 49.2. The molecule has 0 radical (unpaired) electrons. The molecule has 3 unspecified atom stereocenters. The fourth-order valence-corrected chi connectivity index (χ4v) is 33.2. The van der Waals surface area contributed by atoms with Crippen molar-refractivity contribution in [2.75, 3.05) is 13.2 Å². The standard InChI is InChI=1S/C22H37ClN2O7Si2.C21H36N2O7Si2/c1-12(2)33(13(3)4)28-11-16-18(31-34(32-33,14(5)6)15(7)8)22(19(23)30-22)20(29-16)25-10-9-17(26)24-21(25)27;1-12(2)31(13(3)4)27-11-16-19(29-32(30-31,14(5)6)15(7)8)18(25)20(28-16)23-10-9-17(24)22-21(23)26/h9-10,12-16,18-20H,11H2,1-8H3,(H,24,26,27);9-10,12-16,19-20H,11H2,1-8H3,(H,22,24,26)/t16-,18?,19?,20-,22-;16-,19?,20-/m11/s1. The van der Waals surface area contributed by atoms with Gasteiger partial charge in [0.2, 0.25) is 5.78 Å². The summed E-state index contributed by atoms with van der Waals surface area (Å²) in [6.45, 7) is 34.4. The molecule has 5 aliphatic rings. The lowest BCUT2D eigenvalue weighted by Crippen LogP contribution is -2.66. The molecule has 1 spiro atoms. The lowest BCUT2D eigenvalue weighted by atomic mass is 10.0. The van der Waals surface area contributed by atoms with Crippen molar-refractivity contribution in [3.8, 4) is 0 Å². The van der Waals surface area contributed by atoms with E-state index < -0.39 is 105 Å². The van der Waals surface area contributed by atoms with Gasteiger partial charge in [0.15, 0.2) is 23.6 Å². The van der Waals surface area contributed by atoms with Crippen LogP contribution < -0.4 is 22.5 Å². The smallest absolute Gasteiger partial charge is 0.335 e. The normalized spacial score (nSPS) is 31.3. The van der Waals surface area contributed by atoms with E-state index in [9.17, 15) is 24.0 Å². The summed E-state index contributed by atoms with van der Waals surface area (Å²) in [7, 11) is -11.4. The number of halogens is 1. The van der Waals surface area contributed by atoms with E-state index >= 15 is 0 Å². The number of ketones is 1. The maximum Gasteiger partial charge on any atom is 0.335 e. The molecule has 23 heteroatoms. The van der Waals surface area contributed by atoms with Gasteiger partial charge in [-0.25, -0.2) is 9.59 Å². The quantitative estimate of drug-likeness (QED) is 0.144. The molecule has 66 heavy (non-hydrogen) atoms. The first-order valence-corrected chi connectivity index (χ1v) is 31.8. The Morgan fingerprint density at radius 1 is 0.576 bits per heavy atom. The molecule has 7 rings (SSSR count). The molecule has 8 atom stereocenters. The van der Waals surface area contributed by atoms with Gasteiger partial charge in [0.1, 0.15) is 24.4 Å². The van der Waals surface area contributed by atoms with E-state index in [4.69, 9.17) is 51.7 Å². The van der Waals surface area contributed by atoms with Crippen molar-refractivity contribution in [3.05, 3.63) is 66.2 Å². The summed E-state index contributed by atoms with van der Waals surface area (Å²) in [5.41, 5.74) is -3.00. The lowest BCUT2D eigenvalue weighted by molar-refractivity contribution is -0.130. The highest BCUT2D eigenvalue weighted by atomic mass is 35.5. The predicted molar refractivity (Wildman–Crippen MR) is 257 cm³/mol. The molecule has 0 bridgehead atoms. The predicted octanol–water partition coefficient (Wildman–Crippen LogP) is 6.68. The molecule has 372 valence electrons. The van der Waals surface area contributed by atoms with Gasteiger partial charge in [-0.3, -0.25) is 33.5 Å². The van der Waals surface area contributed by atoms with Gasteiger partial charge in [-0.05, 0) is 44.3 Å². The van der Waals surface area contributed by atoms with Gasteiger partial charge in [0, 0.05) is 24.5 Å². The molecule has 5 fully saturated rings. The lowest BCUT2D eigenvalue weighted by Gasteiger charge is -2.51. The van der Waals surface area contributed by atoms with E-state index in [2.05, 4.69) is 121 Å². The van der Waals surface area contributed by atoms with Gasteiger partial charge in [0.05, 0.1) is 13.2 Å². The van der Waals surface area contributed by atoms with Gasteiger partial charge >= 0.3 is 45.6 Å². The molecule has 5 saturated heterocycles. The van der Waals surface area contributed by atoms with Gasteiger partial charge in [-0.15, -0.1) is 0 Å². The summed E-state index contributed by atoms with van der Waals surface area (Å²) in [5, 5.41) is 0. The average Bonchev–Trinajstić information content (AvgIpc) is 3.66. The number of ether oxygens (including phenoxy) is 3. The Hall–Kier alpha value is -2.17. The number of nitrogens with one attached hydrogen (secondary N) is 2. The third-order valence-corrected chi connectivity index (χ3v) is 35.0. The highest BCUT2D eigenvalue weighted by Gasteiger charge is 2.77. The number of fused-ring (bicyclic) bond motifs is 3. The van der Waals surface area contributed by atoms with E-state index in [1.807, 2.05) is 0 Å². The van der Waals surface area contributed by atoms with Crippen molar-refractivity contribution >= 4 is 51.6 Å². The Morgan fingerprint density at radius 3 is 1.36 bits per heavy atom. The average molecular weight is 1020 g/mol. The highest BCUT2D eigenvalue weighted by Crippen LogP contribution is 2.60. The second-order valence-corrected chi connectivity index (χ2v) is 38.9. The Bertz CT molecular complexity index is 2270. The number of epoxide rings is 1. The van der Waals surface area contributed by atoms with E-state index in [-0.39, 0.29) is 63.3 Å². The molecule has 0 aromatic carbocycles. The number of hydrogen-bond donors (Lipinski definition) is 2. The third kappa shape index (κ3) is 9.07. The number of H-pyrrole nitrogens is 2. The molecule has 2 N–H and O–H groups in total. The van der Waals surface area contributed by atoms with Crippen LogP contribution in [0.4, 0.5) is 0 Å². The molecule has 2 aromatic heterocycles. The van der Waals surface area contributed by atoms with Crippen LogP contribution in [0.3, 0.4) is 0 Å². The van der Waals surface area contributed by atoms with Crippen LogP contribution in [0.15, 0.2) is 43.7 Å². The molecular formula is C43H73ClN4O14Si4. The minimum Gasteiger partial charge on any atom is -0.414 e. The number of Topliss-reactive ketones (excluding diaryl/α,β-unsaturated/α-hetero) is 1. The van der Waals surface area contributed by atoms with Gasteiger partial charge in [0.25, 0.3) is 11.1 Å². The minimum atomic E-state index is -2.97. The van der Waals surface area contributed by atoms with Crippen LogP contribution in [0.25, 0.3) is 0 Å². The van der Waals surface area contributed by atoms with E-state index in [1.165, 1.54) is 29.1 Å². The molecular weight excluding hydrogens is 944 g/mol. The van der Waals surface area contributed by atoms with E-state index in [0.29, 0.717) is 0 Å². The van der Waals surface area contributed by atoms with Crippen molar-refractivity contribution < 1.29 is 44.9 Å². The summed E-state index contributed by atoms with van der Waals surface area (Å²) in [4.78, 5) is 66.0. The first-order valence-electron chi connectivity index (χ1n) is 23.5. The van der Waals surface area contributed by atoms with Crippen LogP contribution in [-0.4, -0.2) is 108 Å². The first-order chi connectivity index (χ1) is 30.7. The van der Waals surface area contributed by atoms with Crippen LogP contribution in [0.5, 0.6) is 0 Å². The topological polar surface area (TPSA) is 213 Å². The maximum atomic E-state index is 13.4. The monoisotopic (exact) mass is 1020 g/mol. The Kier molecular flexibility index (Phi) is 15.8. The number of rotatable bonds is 10. The number of aromatic nitrogens is 4. The minimum absolute atomic E-state index is 0.0666. The van der Waals surface area contributed by atoms with Gasteiger partial charge in [-0.2, -0.15) is 0 Å². The van der Waals surface area contributed by atoms with E-state index in [0.717, 1.165) is 4.57 Å². The Balaban J connectivity index is 0.000000219. The Labute approximate surface area is 396 Å². The van der Waals surface area contributed by atoms with E-state index in [1.54, 1.807) is 0 Å². The van der Waals surface area contributed by atoms with Gasteiger partial charge in [-0.1, -0.05) is 122 Å². The summed E-state index contributed by atoms with van der Waals surface area (Å²) < 4.78 is 62.3. The fraction of sp³-hybridized carbons (Fsp3) is 0.791. The summed E-state index contributed by atoms with van der Waals surface area (Å²) in [6.07, 6.45) is -2.02. The number of alkyl halides is 1. The number of carbonyl (C=O) groups is 1. The number of hydrogen-bond acceptors (Lipinski definition) is 14. The highest BCUT2D eigenvalue weighted by molar-refractivity contribution is 6.84. The summed E-state index contributed by atoms with van der Waals surface area (Å²) >= 11 is 6.57. The van der Waals surface area contributed by atoms with Crippen LogP contribution in [0.1, 0.15) is 123 Å². The molecule has 0 aliphatic carbocycles. The molecule has 0 amide bonds. The largest absolute Gasteiger partial charge is 0.414 e. The van der Waals surface area contributed by atoms with Crippen LogP contribution >= 0.6 is 11.6 Å². The Morgan fingerprint density at radius 2 is 0.970 bits per heavy atom. The molecule has 0 saturated carbocycles. The molecule has 2 aromatic rings. The SMILES string of the molecule is CC(C)[Si]1(C(C)C)OC[C@H]2O[C@@H](n3ccc(=O)[nH]c3=O)C(=O)C2O[Si](C(C)C)(C(C)C)O1.CC(C)[Si]1(C(C)C)OC[C@H]2O[C@@H](n3ccc(=O)[nH]c3=O)[C@@]3(OC3Cl)C2O[Si](C(C)C)(C(C)C)O1. The van der Waals surface area contributed by atoms with Crippen LogP contribution in [0.2, 0.25) is 44.3 Å².